The normalized spacial score (nSPS) is 12.7. The van der Waals surface area contributed by atoms with E-state index in [2.05, 4.69) is 15.6 Å². The fourth-order valence-electron chi connectivity index (χ4n) is 1.93. The molecule has 0 aliphatic carbocycles. The van der Waals surface area contributed by atoms with Crippen LogP contribution in [0.5, 0.6) is 0 Å². The Balaban J connectivity index is 2.32. The maximum absolute atomic E-state index is 13.7. The highest BCUT2D eigenvalue weighted by Gasteiger charge is 2.21. The molecule has 1 aromatic carbocycles. The zero-order chi connectivity index (χ0) is 14.0. The Morgan fingerprint density at radius 2 is 1.89 bits per heavy atom. The van der Waals surface area contributed by atoms with E-state index >= 15 is 0 Å². The molecule has 1 unspecified atom stereocenters. The van der Waals surface area contributed by atoms with Gasteiger partial charge in [-0.15, -0.1) is 5.10 Å². The Labute approximate surface area is 108 Å². The summed E-state index contributed by atoms with van der Waals surface area (Å²) in [5.74, 6) is -2.77. The van der Waals surface area contributed by atoms with Crippen LogP contribution in [0.3, 0.4) is 0 Å². The Kier molecular flexibility index (Phi) is 3.84. The number of aromatic nitrogens is 3. The fraction of sp³-hybridized carbons (Fsp3) is 0.333. The van der Waals surface area contributed by atoms with E-state index in [1.54, 1.807) is 20.3 Å². The zero-order valence-corrected chi connectivity index (χ0v) is 10.5. The summed E-state index contributed by atoms with van der Waals surface area (Å²) in [6.45, 7) is 0. The average Bonchev–Trinajstić information content (AvgIpc) is 2.72. The molecule has 0 fully saturated rings. The first-order chi connectivity index (χ1) is 9.01. The predicted molar refractivity (Wildman–Crippen MR) is 62.8 cm³/mol. The first-order valence-corrected chi connectivity index (χ1v) is 5.68. The third-order valence-electron chi connectivity index (χ3n) is 2.80. The first kappa shape index (κ1) is 13.5. The SMILES string of the molecule is CNC(Cc1cn(C)nn1)c1c(F)cc(F)cc1F. The molecule has 1 N–H and O–H groups in total. The molecule has 1 aromatic heterocycles. The van der Waals surface area contributed by atoms with E-state index in [0.717, 1.165) is 0 Å². The Morgan fingerprint density at radius 3 is 2.37 bits per heavy atom. The molecule has 2 rings (SSSR count). The second-order valence-electron chi connectivity index (χ2n) is 4.21. The quantitative estimate of drug-likeness (QED) is 0.920. The number of halogens is 3. The number of hydrogen-bond donors (Lipinski definition) is 1. The highest BCUT2D eigenvalue weighted by molar-refractivity contribution is 5.25. The third-order valence-corrected chi connectivity index (χ3v) is 2.80. The van der Waals surface area contributed by atoms with Crippen molar-refractivity contribution in [2.45, 2.75) is 12.5 Å². The number of rotatable bonds is 4. The van der Waals surface area contributed by atoms with Gasteiger partial charge in [-0.2, -0.15) is 0 Å². The largest absolute Gasteiger partial charge is 0.312 e. The van der Waals surface area contributed by atoms with E-state index < -0.39 is 23.5 Å². The van der Waals surface area contributed by atoms with E-state index in [0.29, 0.717) is 17.8 Å². The van der Waals surface area contributed by atoms with E-state index in [4.69, 9.17) is 0 Å². The minimum Gasteiger partial charge on any atom is -0.312 e. The van der Waals surface area contributed by atoms with Gasteiger partial charge in [0.2, 0.25) is 0 Å². The fourth-order valence-corrected chi connectivity index (χ4v) is 1.93. The lowest BCUT2D eigenvalue weighted by Crippen LogP contribution is -2.22. The number of aryl methyl sites for hydroxylation is 1. The van der Waals surface area contributed by atoms with Crippen LogP contribution in [0.25, 0.3) is 0 Å². The van der Waals surface area contributed by atoms with Crippen molar-refractivity contribution in [1.29, 1.82) is 0 Å². The smallest absolute Gasteiger partial charge is 0.133 e. The molecule has 0 bridgehead atoms. The summed E-state index contributed by atoms with van der Waals surface area (Å²) in [4.78, 5) is 0. The minimum absolute atomic E-state index is 0.199. The lowest BCUT2D eigenvalue weighted by molar-refractivity contribution is 0.473. The van der Waals surface area contributed by atoms with Crippen LogP contribution in [0.15, 0.2) is 18.3 Å². The molecule has 0 spiro atoms. The van der Waals surface area contributed by atoms with Gasteiger partial charge < -0.3 is 5.32 Å². The van der Waals surface area contributed by atoms with Gasteiger partial charge in [0.05, 0.1) is 5.69 Å². The average molecular weight is 270 g/mol. The first-order valence-electron chi connectivity index (χ1n) is 5.68. The molecule has 1 heterocycles. The van der Waals surface area contributed by atoms with Gasteiger partial charge in [-0.1, -0.05) is 5.21 Å². The number of nitrogens with zero attached hydrogens (tertiary/aromatic N) is 3. The van der Waals surface area contributed by atoms with E-state index in [-0.39, 0.29) is 12.0 Å². The van der Waals surface area contributed by atoms with E-state index in [1.165, 1.54) is 4.68 Å². The number of likely N-dealkylation sites (N-methyl/N-ethyl adjacent to an activating group) is 1. The van der Waals surface area contributed by atoms with Crippen LogP contribution in [0, 0.1) is 17.5 Å². The molecule has 0 amide bonds. The summed E-state index contributed by atoms with van der Waals surface area (Å²) in [5, 5.41) is 10.4. The summed E-state index contributed by atoms with van der Waals surface area (Å²) in [6, 6.07) is 0.691. The lowest BCUT2D eigenvalue weighted by atomic mass is 10.0. The van der Waals surface area contributed by atoms with Crippen LogP contribution in [0.1, 0.15) is 17.3 Å². The van der Waals surface area contributed by atoms with Crippen molar-refractivity contribution >= 4 is 0 Å². The highest BCUT2D eigenvalue weighted by Crippen LogP contribution is 2.24. The van der Waals surface area contributed by atoms with Crippen molar-refractivity contribution in [3.05, 3.63) is 47.0 Å². The molecule has 0 saturated heterocycles. The summed E-state index contributed by atoms with van der Waals surface area (Å²) in [7, 11) is 3.27. The van der Waals surface area contributed by atoms with Crippen molar-refractivity contribution in [3.63, 3.8) is 0 Å². The Hall–Kier alpha value is -1.89. The summed E-state index contributed by atoms with van der Waals surface area (Å²) in [6.07, 6.45) is 1.91. The molecule has 0 aliphatic heterocycles. The molecule has 2 aromatic rings. The molecule has 19 heavy (non-hydrogen) atoms. The molecule has 0 aliphatic rings. The second-order valence-corrected chi connectivity index (χ2v) is 4.21. The van der Waals surface area contributed by atoms with Crippen LogP contribution >= 0.6 is 0 Å². The Bertz CT molecular complexity index is 559. The van der Waals surface area contributed by atoms with Crippen LogP contribution in [-0.2, 0) is 13.5 Å². The topological polar surface area (TPSA) is 42.7 Å². The molecule has 0 saturated carbocycles. The van der Waals surface area contributed by atoms with Gasteiger partial charge in [-0.3, -0.25) is 4.68 Å². The van der Waals surface area contributed by atoms with Crippen molar-refractivity contribution in [2.75, 3.05) is 7.05 Å². The summed E-state index contributed by atoms with van der Waals surface area (Å²) < 4.78 is 41.8. The van der Waals surface area contributed by atoms with Gasteiger partial charge in [-0.25, -0.2) is 13.2 Å². The molecule has 1 atom stereocenters. The molecular formula is C12H13F3N4. The zero-order valence-electron chi connectivity index (χ0n) is 10.5. The predicted octanol–water partition coefficient (Wildman–Crippen LogP) is 1.74. The van der Waals surface area contributed by atoms with Crippen LogP contribution < -0.4 is 5.32 Å². The minimum atomic E-state index is -0.937. The van der Waals surface area contributed by atoms with Gasteiger partial charge >= 0.3 is 0 Å². The number of nitrogens with one attached hydrogen (secondary N) is 1. The summed E-state index contributed by atoms with van der Waals surface area (Å²) in [5.41, 5.74) is 0.388. The van der Waals surface area contributed by atoms with Crippen molar-refractivity contribution < 1.29 is 13.2 Å². The maximum atomic E-state index is 13.7. The maximum Gasteiger partial charge on any atom is 0.133 e. The van der Waals surface area contributed by atoms with E-state index in [9.17, 15) is 13.2 Å². The highest BCUT2D eigenvalue weighted by atomic mass is 19.1. The van der Waals surface area contributed by atoms with Gasteiger partial charge in [-0.05, 0) is 7.05 Å². The van der Waals surface area contributed by atoms with Crippen molar-refractivity contribution in [3.8, 4) is 0 Å². The summed E-state index contributed by atoms with van der Waals surface area (Å²) >= 11 is 0. The molecule has 4 nitrogen and oxygen atoms in total. The van der Waals surface area contributed by atoms with Gasteiger partial charge in [0.25, 0.3) is 0 Å². The molecule has 102 valence electrons. The third kappa shape index (κ3) is 2.93. The van der Waals surface area contributed by atoms with Gasteiger partial charge in [0.1, 0.15) is 17.5 Å². The number of benzene rings is 1. The molecule has 7 heteroatoms. The van der Waals surface area contributed by atoms with Crippen LogP contribution in [-0.4, -0.2) is 22.0 Å². The molecule has 0 radical (unpaired) electrons. The molecular weight excluding hydrogens is 257 g/mol. The van der Waals surface area contributed by atoms with Crippen molar-refractivity contribution in [2.24, 2.45) is 7.05 Å². The van der Waals surface area contributed by atoms with Crippen molar-refractivity contribution in [1.82, 2.24) is 20.3 Å². The van der Waals surface area contributed by atoms with Crippen LogP contribution in [0.2, 0.25) is 0 Å². The monoisotopic (exact) mass is 270 g/mol. The lowest BCUT2D eigenvalue weighted by Gasteiger charge is -2.16. The van der Waals surface area contributed by atoms with Gasteiger partial charge in [0, 0.05) is 43.4 Å². The standard InChI is InChI=1S/C12H13F3N4/c1-16-11(5-8-6-19(2)18-17-8)12-9(14)3-7(13)4-10(12)15/h3-4,6,11,16H,5H2,1-2H3. The van der Waals surface area contributed by atoms with Crippen LogP contribution in [0.4, 0.5) is 13.2 Å². The second kappa shape index (κ2) is 5.40. The van der Waals surface area contributed by atoms with Gasteiger partial charge in [0.15, 0.2) is 0 Å². The Morgan fingerprint density at radius 1 is 1.26 bits per heavy atom. The number of hydrogen-bond acceptors (Lipinski definition) is 3. The van der Waals surface area contributed by atoms with E-state index in [1.807, 2.05) is 0 Å².